The van der Waals surface area contributed by atoms with Crippen LogP contribution in [-0.4, -0.2) is 28.2 Å². The molecule has 1 saturated carbocycles. The molecule has 1 heterocycles. The second-order valence-corrected chi connectivity index (χ2v) is 7.08. The SMILES string of the molecule is OC1(C2CCCCN2C(c2ccccc2)c2ccccc2)CC1. The lowest BCUT2D eigenvalue weighted by Crippen LogP contribution is -2.49. The lowest BCUT2D eigenvalue weighted by atomic mass is 9.89. The number of hydrogen-bond acceptors (Lipinski definition) is 2. The van der Waals surface area contributed by atoms with Gasteiger partial charge >= 0.3 is 0 Å². The summed E-state index contributed by atoms with van der Waals surface area (Å²) in [5.74, 6) is 0. The van der Waals surface area contributed by atoms with Crippen molar-refractivity contribution in [3.8, 4) is 0 Å². The van der Waals surface area contributed by atoms with Gasteiger partial charge in [0.15, 0.2) is 0 Å². The van der Waals surface area contributed by atoms with Crippen LogP contribution in [0.15, 0.2) is 60.7 Å². The van der Waals surface area contributed by atoms with Crippen LogP contribution in [0.2, 0.25) is 0 Å². The third-order valence-corrected chi connectivity index (χ3v) is 5.49. The number of hydrogen-bond donors (Lipinski definition) is 1. The predicted octanol–water partition coefficient (Wildman–Crippen LogP) is 4.16. The Kier molecular flexibility index (Phi) is 3.96. The summed E-state index contributed by atoms with van der Waals surface area (Å²) in [6.45, 7) is 1.07. The van der Waals surface area contributed by atoms with Crippen LogP contribution in [0, 0.1) is 0 Å². The Morgan fingerprint density at radius 3 is 1.96 bits per heavy atom. The van der Waals surface area contributed by atoms with Crippen molar-refractivity contribution in [2.45, 2.75) is 49.8 Å². The van der Waals surface area contributed by atoms with Crippen molar-refractivity contribution in [2.24, 2.45) is 0 Å². The summed E-state index contributed by atoms with van der Waals surface area (Å²) >= 11 is 0. The van der Waals surface area contributed by atoms with E-state index in [2.05, 4.69) is 65.6 Å². The highest BCUT2D eigenvalue weighted by atomic mass is 16.3. The summed E-state index contributed by atoms with van der Waals surface area (Å²) in [7, 11) is 0. The summed E-state index contributed by atoms with van der Waals surface area (Å²) in [5, 5.41) is 10.8. The first-order valence-electron chi connectivity index (χ1n) is 8.86. The van der Waals surface area contributed by atoms with Gasteiger partial charge in [-0.25, -0.2) is 0 Å². The van der Waals surface area contributed by atoms with Gasteiger partial charge in [-0.05, 0) is 43.4 Å². The van der Waals surface area contributed by atoms with Crippen molar-refractivity contribution in [1.29, 1.82) is 0 Å². The van der Waals surface area contributed by atoms with E-state index in [0.717, 1.165) is 25.8 Å². The predicted molar refractivity (Wildman–Crippen MR) is 93.3 cm³/mol. The molecular weight excluding hydrogens is 282 g/mol. The van der Waals surface area contributed by atoms with Crippen LogP contribution in [0.4, 0.5) is 0 Å². The summed E-state index contributed by atoms with van der Waals surface area (Å²) in [6.07, 6.45) is 5.50. The van der Waals surface area contributed by atoms with Crippen molar-refractivity contribution in [3.05, 3.63) is 71.8 Å². The lowest BCUT2D eigenvalue weighted by molar-refractivity contribution is -0.00738. The van der Waals surface area contributed by atoms with Crippen molar-refractivity contribution in [3.63, 3.8) is 0 Å². The number of aliphatic hydroxyl groups is 1. The molecule has 0 spiro atoms. The minimum absolute atomic E-state index is 0.243. The van der Waals surface area contributed by atoms with E-state index < -0.39 is 5.60 Å². The van der Waals surface area contributed by atoms with E-state index in [0.29, 0.717) is 6.04 Å². The van der Waals surface area contributed by atoms with Gasteiger partial charge in [0, 0.05) is 6.04 Å². The van der Waals surface area contributed by atoms with Gasteiger partial charge < -0.3 is 5.11 Å². The zero-order valence-electron chi connectivity index (χ0n) is 13.6. The van der Waals surface area contributed by atoms with Gasteiger partial charge in [0.1, 0.15) is 0 Å². The Labute approximate surface area is 138 Å². The van der Waals surface area contributed by atoms with Gasteiger partial charge in [-0.2, -0.15) is 0 Å². The van der Waals surface area contributed by atoms with Crippen LogP contribution in [0.5, 0.6) is 0 Å². The lowest BCUT2D eigenvalue weighted by Gasteiger charge is -2.44. The van der Waals surface area contributed by atoms with Gasteiger partial charge in [0.25, 0.3) is 0 Å². The van der Waals surface area contributed by atoms with E-state index >= 15 is 0 Å². The Morgan fingerprint density at radius 2 is 1.43 bits per heavy atom. The standard InChI is InChI=1S/C21H25NO/c23-21(14-15-21)19-13-7-8-16-22(19)20(17-9-3-1-4-10-17)18-11-5-2-6-12-18/h1-6,9-12,19-20,23H,7-8,13-16H2. The first kappa shape index (κ1) is 14.9. The average molecular weight is 307 g/mol. The molecule has 1 N–H and O–H groups in total. The third kappa shape index (κ3) is 2.93. The smallest absolute Gasteiger partial charge is 0.0804 e. The minimum atomic E-state index is -0.442. The second kappa shape index (κ2) is 6.10. The van der Waals surface area contributed by atoms with E-state index in [4.69, 9.17) is 0 Å². The van der Waals surface area contributed by atoms with Crippen molar-refractivity contribution in [1.82, 2.24) is 4.90 Å². The summed E-state index contributed by atoms with van der Waals surface area (Å²) < 4.78 is 0. The normalized spacial score (nSPS) is 23.8. The van der Waals surface area contributed by atoms with Crippen molar-refractivity contribution >= 4 is 0 Å². The Balaban J connectivity index is 1.75. The molecule has 0 aromatic heterocycles. The zero-order chi connectivity index (χ0) is 15.7. The molecule has 2 aromatic carbocycles. The summed E-state index contributed by atoms with van der Waals surface area (Å²) in [5.41, 5.74) is 2.21. The average Bonchev–Trinajstić information content (AvgIpc) is 3.36. The maximum Gasteiger partial charge on any atom is 0.0804 e. The van der Waals surface area contributed by atoms with Gasteiger partial charge in [-0.15, -0.1) is 0 Å². The molecule has 2 aliphatic rings. The fraction of sp³-hybridized carbons (Fsp3) is 0.429. The summed E-state index contributed by atoms with van der Waals surface area (Å²) in [6, 6.07) is 22.1. The molecule has 1 aliphatic heterocycles. The molecule has 4 rings (SSSR count). The van der Waals surface area contributed by atoms with Crippen LogP contribution in [0.1, 0.15) is 49.3 Å². The number of piperidine rings is 1. The molecule has 0 bridgehead atoms. The first-order valence-corrected chi connectivity index (χ1v) is 8.86. The van der Waals surface area contributed by atoms with Crippen LogP contribution in [-0.2, 0) is 0 Å². The van der Waals surface area contributed by atoms with Crippen LogP contribution >= 0.6 is 0 Å². The molecule has 1 unspecified atom stereocenters. The first-order chi connectivity index (χ1) is 11.3. The maximum absolute atomic E-state index is 10.8. The Bertz CT molecular complexity index is 596. The fourth-order valence-electron chi connectivity index (χ4n) is 4.15. The summed E-state index contributed by atoms with van der Waals surface area (Å²) in [4.78, 5) is 2.57. The van der Waals surface area contributed by atoms with Crippen LogP contribution < -0.4 is 0 Å². The van der Waals surface area contributed by atoms with Crippen molar-refractivity contribution < 1.29 is 5.11 Å². The minimum Gasteiger partial charge on any atom is -0.388 e. The van der Waals surface area contributed by atoms with Gasteiger partial charge in [-0.3, -0.25) is 4.90 Å². The van der Waals surface area contributed by atoms with E-state index in [9.17, 15) is 5.11 Å². The van der Waals surface area contributed by atoms with E-state index in [1.54, 1.807) is 0 Å². The molecular formula is C21H25NO. The number of likely N-dealkylation sites (tertiary alicyclic amines) is 1. The molecule has 1 atom stereocenters. The van der Waals surface area contributed by atoms with Gasteiger partial charge in [-0.1, -0.05) is 67.1 Å². The molecule has 1 aliphatic carbocycles. The maximum atomic E-state index is 10.8. The van der Waals surface area contributed by atoms with Gasteiger partial charge in [0.2, 0.25) is 0 Å². The molecule has 2 nitrogen and oxygen atoms in total. The second-order valence-electron chi connectivity index (χ2n) is 7.08. The van der Waals surface area contributed by atoms with E-state index in [1.807, 2.05) is 0 Å². The topological polar surface area (TPSA) is 23.5 Å². The fourth-order valence-corrected chi connectivity index (χ4v) is 4.15. The highest BCUT2D eigenvalue weighted by Gasteiger charge is 2.51. The Hall–Kier alpha value is -1.64. The molecule has 2 heteroatoms. The number of rotatable bonds is 4. The molecule has 1 saturated heterocycles. The van der Waals surface area contributed by atoms with Crippen LogP contribution in [0.3, 0.4) is 0 Å². The van der Waals surface area contributed by atoms with Gasteiger partial charge in [0.05, 0.1) is 11.6 Å². The van der Waals surface area contributed by atoms with Crippen LogP contribution in [0.25, 0.3) is 0 Å². The zero-order valence-corrected chi connectivity index (χ0v) is 13.6. The molecule has 0 radical (unpaired) electrons. The molecule has 120 valence electrons. The molecule has 23 heavy (non-hydrogen) atoms. The monoisotopic (exact) mass is 307 g/mol. The number of nitrogens with zero attached hydrogens (tertiary/aromatic N) is 1. The quantitative estimate of drug-likeness (QED) is 0.917. The molecule has 0 amide bonds. The number of benzene rings is 2. The highest BCUT2D eigenvalue weighted by molar-refractivity contribution is 5.32. The van der Waals surface area contributed by atoms with E-state index in [1.165, 1.54) is 24.0 Å². The molecule has 2 fully saturated rings. The highest BCUT2D eigenvalue weighted by Crippen LogP contribution is 2.47. The van der Waals surface area contributed by atoms with Crippen molar-refractivity contribution in [2.75, 3.05) is 6.54 Å². The Morgan fingerprint density at radius 1 is 0.870 bits per heavy atom. The largest absolute Gasteiger partial charge is 0.388 e. The van der Waals surface area contributed by atoms with E-state index in [-0.39, 0.29) is 6.04 Å². The third-order valence-electron chi connectivity index (χ3n) is 5.49. The molecule has 2 aromatic rings.